The lowest BCUT2D eigenvalue weighted by Crippen LogP contribution is -2.36. The minimum atomic E-state index is 0.220. The summed E-state index contributed by atoms with van der Waals surface area (Å²) in [6, 6.07) is 8.15. The zero-order valence-electron chi connectivity index (χ0n) is 11.1. The van der Waals surface area contributed by atoms with E-state index >= 15 is 0 Å². The Morgan fingerprint density at radius 2 is 1.72 bits per heavy atom. The standard InChI is InChI=1S/C15H22N2O/c1-13-6-8-14(9-7-13)16-12-15(18)17-10-4-2-3-5-11-17/h6-9,16H,2-5,10-12H2,1H3. The van der Waals surface area contributed by atoms with E-state index in [1.165, 1.54) is 18.4 Å². The molecule has 0 atom stereocenters. The molecule has 1 aliphatic rings. The van der Waals surface area contributed by atoms with Gasteiger partial charge in [0.2, 0.25) is 5.91 Å². The molecular weight excluding hydrogens is 224 g/mol. The Bertz CT molecular complexity index is 378. The second kappa shape index (κ2) is 6.43. The number of hydrogen-bond donors (Lipinski definition) is 1. The Labute approximate surface area is 109 Å². The molecule has 1 fully saturated rings. The Hall–Kier alpha value is -1.51. The highest BCUT2D eigenvalue weighted by atomic mass is 16.2. The number of nitrogens with one attached hydrogen (secondary N) is 1. The quantitative estimate of drug-likeness (QED) is 0.889. The number of nitrogens with zero attached hydrogens (tertiary/aromatic N) is 1. The number of rotatable bonds is 3. The third-order valence-electron chi connectivity index (χ3n) is 3.45. The van der Waals surface area contributed by atoms with Crippen LogP contribution >= 0.6 is 0 Å². The highest BCUT2D eigenvalue weighted by Crippen LogP contribution is 2.11. The SMILES string of the molecule is Cc1ccc(NCC(=O)N2CCCCCC2)cc1. The van der Waals surface area contributed by atoms with Crippen LogP contribution in [0.2, 0.25) is 0 Å². The van der Waals surface area contributed by atoms with Crippen molar-refractivity contribution in [1.29, 1.82) is 0 Å². The molecular formula is C15H22N2O. The van der Waals surface area contributed by atoms with E-state index in [0.717, 1.165) is 31.6 Å². The summed E-state index contributed by atoms with van der Waals surface area (Å²) < 4.78 is 0. The van der Waals surface area contributed by atoms with Gasteiger partial charge in [0.1, 0.15) is 0 Å². The van der Waals surface area contributed by atoms with E-state index in [-0.39, 0.29) is 5.91 Å². The third kappa shape index (κ3) is 3.76. The summed E-state index contributed by atoms with van der Waals surface area (Å²) in [5.41, 5.74) is 2.25. The molecule has 0 aromatic heterocycles. The Kier molecular flexibility index (Phi) is 4.62. The highest BCUT2D eigenvalue weighted by molar-refractivity contribution is 5.80. The molecule has 0 aliphatic carbocycles. The first-order valence-corrected chi connectivity index (χ1v) is 6.84. The normalized spacial score (nSPS) is 16.2. The molecule has 3 heteroatoms. The van der Waals surface area contributed by atoms with Gasteiger partial charge in [-0.2, -0.15) is 0 Å². The molecule has 1 aliphatic heterocycles. The summed E-state index contributed by atoms with van der Waals surface area (Å²) in [7, 11) is 0. The van der Waals surface area contributed by atoms with Crippen LogP contribution in [0.3, 0.4) is 0 Å². The summed E-state index contributed by atoms with van der Waals surface area (Å²) >= 11 is 0. The van der Waals surface area contributed by atoms with Crippen LogP contribution in [0.15, 0.2) is 24.3 Å². The molecule has 0 unspecified atom stereocenters. The van der Waals surface area contributed by atoms with Gasteiger partial charge in [0.05, 0.1) is 6.54 Å². The number of anilines is 1. The van der Waals surface area contributed by atoms with Crippen molar-refractivity contribution in [3.05, 3.63) is 29.8 Å². The lowest BCUT2D eigenvalue weighted by molar-refractivity contribution is -0.129. The Morgan fingerprint density at radius 3 is 2.33 bits per heavy atom. The lowest BCUT2D eigenvalue weighted by atomic mass is 10.2. The van der Waals surface area contributed by atoms with Crippen molar-refractivity contribution < 1.29 is 4.79 Å². The summed E-state index contributed by atoms with van der Waals surface area (Å²) in [6.45, 7) is 4.32. The van der Waals surface area contributed by atoms with Crippen LogP contribution in [0.25, 0.3) is 0 Å². The van der Waals surface area contributed by atoms with Crippen molar-refractivity contribution in [2.45, 2.75) is 32.6 Å². The number of aryl methyl sites for hydroxylation is 1. The fraction of sp³-hybridized carbons (Fsp3) is 0.533. The van der Waals surface area contributed by atoms with Gasteiger partial charge in [0, 0.05) is 18.8 Å². The average molecular weight is 246 g/mol. The van der Waals surface area contributed by atoms with Crippen LogP contribution < -0.4 is 5.32 Å². The topological polar surface area (TPSA) is 32.3 Å². The maximum absolute atomic E-state index is 12.1. The van der Waals surface area contributed by atoms with Crippen LogP contribution in [-0.4, -0.2) is 30.4 Å². The van der Waals surface area contributed by atoms with Gasteiger partial charge in [-0.1, -0.05) is 30.5 Å². The van der Waals surface area contributed by atoms with Crippen LogP contribution in [-0.2, 0) is 4.79 Å². The Balaban J connectivity index is 1.81. The first-order valence-electron chi connectivity index (χ1n) is 6.84. The van der Waals surface area contributed by atoms with Crippen molar-refractivity contribution in [3.8, 4) is 0 Å². The minimum Gasteiger partial charge on any atom is -0.376 e. The number of likely N-dealkylation sites (tertiary alicyclic amines) is 1. The summed E-state index contributed by atoms with van der Waals surface area (Å²) in [5.74, 6) is 0.220. The van der Waals surface area contributed by atoms with E-state index in [2.05, 4.69) is 24.4 Å². The van der Waals surface area contributed by atoms with E-state index in [4.69, 9.17) is 0 Å². The van der Waals surface area contributed by atoms with E-state index < -0.39 is 0 Å². The Morgan fingerprint density at radius 1 is 1.11 bits per heavy atom. The average Bonchev–Trinajstić information content (AvgIpc) is 2.66. The molecule has 98 valence electrons. The molecule has 1 saturated heterocycles. The van der Waals surface area contributed by atoms with Gasteiger partial charge in [-0.05, 0) is 31.9 Å². The number of carbonyl (C=O) groups excluding carboxylic acids is 1. The molecule has 1 aromatic carbocycles. The number of hydrogen-bond acceptors (Lipinski definition) is 2. The maximum atomic E-state index is 12.1. The monoisotopic (exact) mass is 246 g/mol. The smallest absolute Gasteiger partial charge is 0.241 e. The molecule has 1 heterocycles. The van der Waals surface area contributed by atoms with Crippen molar-refractivity contribution in [2.24, 2.45) is 0 Å². The van der Waals surface area contributed by atoms with Gasteiger partial charge in [-0.3, -0.25) is 4.79 Å². The third-order valence-corrected chi connectivity index (χ3v) is 3.45. The van der Waals surface area contributed by atoms with Crippen LogP contribution in [0.4, 0.5) is 5.69 Å². The van der Waals surface area contributed by atoms with Crippen LogP contribution in [0.1, 0.15) is 31.2 Å². The highest BCUT2D eigenvalue weighted by Gasteiger charge is 2.14. The fourth-order valence-electron chi connectivity index (χ4n) is 2.28. The van der Waals surface area contributed by atoms with Gasteiger partial charge in [0.15, 0.2) is 0 Å². The van der Waals surface area contributed by atoms with Crippen molar-refractivity contribution in [1.82, 2.24) is 4.90 Å². The largest absolute Gasteiger partial charge is 0.376 e. The molecule has 0 bridgehead atoms. The molecule has 0 spiro atoms. The maximum Gasteiger partial charge on any atom is 0.241 e. The summed E-state index contributed by atoms with van der Waals surface area (Å²) in [5, 5.41) is 3.20. The molecule has 2 rings (SSSR count). The first kappa shape index (κ1) is 12.9. The van der Waals surface area contributed by atoms with Crippen LogP contribution in [0.5, 0.6) is 0 Å². The molecule has 0 saturated carbocycles. The van der Waals surface area contributed by atoms with E-state index in [0.29, 0.717) is 6.54 Å². The van der Waals surface area contributed by atoms with Crippen molar-refractivity contribution in [3.63, 3.8) is 0 Å². The predicted molar refractivity (Wildman–Crippen MR) is 74.7 cm³/mol. The van der Waals surface area contributed by atoms with E-state index in [1.54, 1.807) is 0 Å². The number of carbonyl (C=O) groups is 1. The van der Waals surface area contributed by atoms with Crippen molar-refractivity contribution >= 4 is 11.6 Å². The van der Waals surface area contributed by atoms with E-state index in [9.17, 15) is 4.79 Å². The second-order valence-electron chi connectivity index (χ2n) is 5.01. The van der Waals surface area contributed by atoms with Gasteiger partial charge in [-0.25, -0.2) is 0 Å². The summed E-state index contributed by atoms with van der Waals surface area (Å²) in [4.78, 5) is 14.0. The second-order valence-corrected chi connectivity index (χ2v) is 5.01. The van der Waals surface area contributed by atoms with Crippen LogP contribution in [0, 0.1) is 6.92 Å². The number of amides is 1. The molecule has 0 radical (unpaired) electrons. The van der Waals surface area contributed by atoms with Crippen molar-refractivity contribution in [2.75, 3.05) is 25.0 Å². The fourth-order valence-corrected chi connectivity index (χ4v) is 2.28. The van der Waals surface area contributed by atoms with Gasteiger partial charge in [-0.15, -0.1) is 0 Å². The zero-order chi connectivity index (χ0) is 12.8. The molecule has 1 N–H and O–H groups in total. The van der Waals surface area contributed by atoms with E-state index in [1.807, 2.05) is 17.0 Å². The zero-order valence-corrected chi connectivity index (χ0v) is 11.1. The molecule has 1 aromatic rings. The minimum absolute atomic E-state index is 0.220. The molecule has 1 amide bonds. The lowest BCUT2D eigenvalue weighted by Gasteiger charge is -2.20. The van der Waals surface area contributed by atoms with Gasteiger partial charge < -0.3 is 10.2 Å². The molecule has 18 heavy (non-hydrogen) atoms. The summed E-state index contributed by atoms with van der Waals surface area (Å²) in [6.07, 6.45) is 4.82. The predicted octanol–water partition coefficient (Wildman–Crippen LogP) is 2.81. The number of benzene rings is 1. The molecule has 3 nitrogen and oxygen atoms in total. The van der Waals surface area contributed by atoms with Gasteiger partial charge in [0.25, 0.3) is 0 Å². The van der Waals surface area contributed by atoms with Gasteiger partial charge >= 0.3 is 0 Å². The first-order chi connectivity index (χ1) is 8.75.